The van der Waals surface area contributed by atoms with E-state index >= 15 is 0 Å². The summed E-state index contributed by atoms with van der Waals surface area (Å²) in [6, 6.07) is 0. The van der Waals surface area contributed by atoms with Crippen molar-refractivity contribution in [3.8, 4) is 0 Å². The molecule has 1 saturated heterocycles. The molecule has 0 radical (unpaired) electrons. The summed E-state index contributed by atoms with van der Waals surface area (Å²) in [5, 5.41) is 0. The van der Waals surface area contributed by atoms with Gasteiger partial charge in [0.05, 0.1) is 12.7 Å². The summed E-state index contributed by atoms with van der Waals surface area (Å²) in [6.07, 6.45) is 4.89. The minimum atomic E-state index is 0.217. The summed E-state index contributed by atoms with van der Waals surface area (Å²) in [4.78, 5) is 14.0. The Kier molecular flexibility index (Phi) is 3.06. The minimum Gasteiger partial charge on any atom is -0.375 e. The van der Waals surface area contributed by atoms with Crippen LogP contribution in [0.3, 0.4) is 0 Å². The number of amides is 1. The number of rotatable bonds is 1. The van der Waals surface area contributed by atoms with Gasteiger partial charge in [0.1, 0.15) is 0 Å². The molecule has 1 aliphatic carbocycles. The monoisotopic (exact) mass is 197 g/mol. The SMILES string of the molecule is CC1CN(C(=O)C2CCCC2)CCO1. The van der Waals surface area contributed by atoms with Crippen LogP contribution < -0.4 is 0 Å². The normalized spacial score (nSPS) is 29.5. The van der Waals surface area contributed by atoms with Crippen LogP contribution in [0.4, 0.5) is 0 Å². The van der Waals surface area contributed by atoms with Crippen LogP contribution in [-0.4, -0.2) is 36.6 Å². The van der Waals surface area contributed by atoms with Crippen molar-refractivity contribution in [2.75, 3.05) is 19.7 Å². The maximum Gasteiger partial charge on any atom is 0.225 e. The molecule has 2 aliphatic rings. The number of carbonyl (C=O) groups excluding carboxylic acids is 1. The zero-order valence-corrected chi connectivity index (χ0v) is 8.87. The van der Waals surface area contributed by atoms with Gasteiger partial charge in [-0.1, -0.05) is 12.8 Å². The second-order valence-corrected chi connectivity index (χ2v) is 4.45. The molecule has 2 fully saturated rings. The van der Waals surface area contributed by atoms with E-state index in [2.05, 4.69) is 0 Å². The summed E-state index contributed by atoms with van der Waals surface area (Å²) in [5.74, 6) is 0.693. The third-order valence-corrected chi connectivity index (χ3v) is 3.26. The fourth-order valence-electron chi connectivity index (χ4n) is 2.45. The van der Waals surface area contributed by atoms with Crippen molar-refractivity contribution in [1.29, 1.82) is 0 Å². The number of hydrogen-bond acceptors (Lipinski definition) is 2. The molecule has 0 aromatic carbocycles. The quantitative estimate of drug-likeness (QED) is 0.636. The van der Waals surface area contributed by atoms with Gasteiger partial charge in [0.25, 0.3) is 0 Å². The van der Waals surface area contributed by atoms with Gasteiger partial charge in [-0.25, -0.2) is 0 Å². The lowest BCUT2D eigenvalue weighted by atomic mass is 10.1. The maximum atomic E-state index is 12.0. The third-order valence-electron chi connectivity index (χ3n) is 3.26. The van der Waals surface area contributed by atoms with Crippen LogP contribution in [-0.2, 0) is 9.53 Å². The van der Waals surface area contributed by atoms with Crippen LogP contribution in [0.25, 0.3) is 0 Å². The number of hydrogen-bond donors (Lipinski definition) is 0. The van der Waals surface area contributed by atoms with Crippen molar-refractivity contribution in [2.45, 2.75) is 38.7 Å². The Labute approximate surface area is 85.4 Å². The highest BCUT2D eigenvalue weighted by Gasteiger charge is 2.29. The number of morpholine rings is 1. The predicted octanol–water partition coefficient (Wildman–Crippen LogP) is 1.42. The summed E-state index contributed by atoms with van der Waals surface area (Å²) in [5.41, 5.74) is 0. The Morgan fingerprint density at radius 3 is 2.71 bits per heavy atom. The molecule has 1 heterocycles. The van der Waals surface area contributed by atoms with E-state index in [0.29, 0.717) is 18.4 Å². The lowest BCUT2D eigenvalue weighted by Gasteiger charge is -2.32. The van der Waals surface area contributed by atoms with Crippen molar-refractivity contribution >= 4 is 5.91 Å². The van der Waals surface area contributed by atoms with E-state index in [1.165, 1.54) is 12.8 Å². The Balaban J connectivity index is 1.89. The van der Waals surface area contributed by atoms with Crippen LogP contribution in [0.2, 0.25) is 0 Å². The van der Waals surface area contributed by atoms with Gasteiger partial charge in [-0.05, 0) is 19.8 Å². The van der Waals surface area contributed by atoms with Crippen LogP contribution >= 0.6 is 0 Å². The first-order valence-electron chi connectivity index (χ1n) is 5.68. The third kappa shape index (κ3) is 2.08. The summed E-state index contributed by atoms with van der Waals surface area (Å²) in [6.45, 7) is 4.32. The molecule has 0 spiro atoms. The van der Waals surface area contributed by atoms with Crippen molar-refractivity contribution in [2.24, 2.45) is 5.92 Å². The van der Waals surface area contributed by atoms with E-state index in [0.717, 1.165) is 25.9 Å². The van der Waals surface area contributed by atoms with E-state index < -0.39 is 0 Å². The molecular formula is C11H19NO2. The van der Waals surface area contributed by atoms with Gasteiger partial charge in [-0.2, -0.15) is 0 Å². The highest BCUT2D eigenvalue weighted by molar-refractivity contribution is 5.79. The van der Waals surface area contributed by atoms with Crippen LogP contribution in [0, 0.1) is 5.92 Å². The molecule has 0 aromatic heterocycles. The van der Waals surface area contributed by atoms with Crippen molar-refractivity contribution < 1.29 is 9.53 Å². The Morgan fingerprint density at radius 2 is 2.07 bits per heavy atom. The van der Waals surface area contributed by atoms with Crippen molar-refractivity contribution in [3.63, 3.8) is 0 Å². The second kappa shape index (κ2) is 4.30. The standard InChI is InChI=1S/C11H19NO2/c1-9-8-12(6-7-14-9)11(13)10-4-2-3-5-10/h9-10H,2-8H2,1H3. The number of nitrogens with zero attached hydrogens (tertiary/aromatic N) is 1. The van der Waals surface area contributed by atoms with Gasteiger partial charge in [0.2, 0.25) is 5.91 Å². The van der Waals surface area contributed by atoms with E-state index in [9.17, 15) is 4.79 Å². The Morgan fingerprint density at radius 1 is 1.36 bits per heavy atom. The zero-order chi connectivity index (χ0) is 9.97. The average Bonchev–Trinajstić information content (AvgIpc) is 2.69. The molecule has 1 atom stereocenters. The van der Waals surface area contributed by atoms with Crippen molar-refractivity contribution in [1.82, 2.24) is 4.90 Å². The maximum absolute atomic E-state index is 12.0. The molecule has 80 valence electrons. The Bertz CT molecular complexity index is 211. The molecule has 0 bridgehead atoms. The second-order valence-electron chi connectivity index (χ2n) is 4.45. The largest absolute Gasteiger partial charge is 0.375 e. The summed E-state index contributed by atoms with van der Waals surface area (Å²) in [7, 11) is 0. The molecule has 0 aromatic rings. The van der Waals surface area contributed by atoms with Crippen molar-refractivity contribution in [3.05, 3.63) is 0 Å². The lowest BCUT2D eigenvalue weighted by molar-refractivity contribution is -0.142. The molecule has 1 unspecified atom stereocenters. The molecule has 0 N–H and O–H groups in total. The highest BCUT2D eigenvalue weighted by Crippen LogP contribution is 2.27. The number of carbonyl (C=O) groups is 1. The zero-order valence-electron chi connectivity index (χ0n) is 8.87. The molecule has 3 nitrogen and oxygen atoms in total. The fraction of sp³-hybridized carbons (Fsp3) is 0.909. The lowest BCUT2D eigenvalue weighted by Crippen LogP contribution is -2.46. The van der Waals surface area contributed by atoms with Gasteiger partial charge in [0.15, 0.2) is 0 Å². The van der Waals surface area contributed by atoms with E-state index in [1.807, 2.05) is 11.8 Å². The minimum absolute atomic E-state index is 0.217. The van der Waals surface area contributed by atoms with Crippen LogP contribution in [0.1, 0.15) is 32.6 Å². The van der Waals surface area contributed by atoms with Gasteiger partial charge in [-0.3, -0.25) is 4.79 Å². The smallest absolute Gasteiger partial charge is 0.225 e. The molecule has 2 rings (SSSR count). The average molecular weight is 197 g/mol. The van der Waals surface area contributed by atoms with Gasteiger partial charge in [0, 0.05) is 19.0 Å². The molecule has 14 heavy (non-hydrogen) atoms. The molecule has 3 heteroatoms. The summed E-state index contributed by atoms with van der Waals surface area (Å²) < 4.78 is 5.43. The van der Waals surface area contributed by atoms with Gasteiger partial charge < -0.3 is 9.64 Å². The Hall–Kier alpha value is -0.570. The summed E-state index contributed by atoms with van der Waals surface area (Å²) >= 11 is 0. The molecular weight excluding hydrogens is 178 g/mol. The fourth-order valence-corrected chi connectivity index (χ4v) is 2.45. The molecule has 1 amide bonds. The van der Waals surface area contributed by atoms with E-state index in [-0.39, 0.29) is 6.10 Å². The molecule has 1 saturated carbocycles. The first-order valence-corrected chi connectivity index (χ1v) is 5.68. The topological polar surface area (TPSA) is 29.5 Å². The van der Waals surface area contributed by atoms with Gasteiger partial charge >= 0.3 is 0 Å². The first kappa shape index (κ1) is 9.97. The number of ether oxygens (including phenoxy) is 1. The van der Waals surface area contributed by atoms with Crippen LogP contribution in [0.5, 0.6) is 0 Å². The van der Waals surface area contributed by atoms with Gasteiger partial charge in [-0.15, -0.1) is 0 Å². The highest BCUT2D eigenvalue weighted by atomic mass is 16.5. The van der Waals surface area contributed by atoms with E-state index in [4.69, 9.17) is 4.74 Å². The molecule has 1 aliphatic heterocycles. The van der Waals surface area contributed by atoms with E-state index in [1.54, 1.807) is 0 Å². The van der Waals surface area contributed by atoms with Crippen LogP contribution in [0.15, 0.2) is 0 Å². The predicted molar refractivity (Wildman–Crippen MR) is 54.0 cm³/mol. The first-order chi connectivity index (χ1) is 6.77.